The van der Waals surface area contributed by atoms with E-state index in [4.69, 9.17) is 4.74 Å². The van der Waals surface area contributed by atoms with E-state index in [1.165, 1.54) is 10.8 Å². The van der Waals surface area contributed by atoms with Crippen LogP contribution in [0.25, 0.3) is 16.3 Å². The molecule has 3 aromatic rings. The van der Waals surface area contributed by atoms with Crippen molar-refractivity contribution in [1.82, 2.24) is 0 Å². The predicted octanol–water partition coefficient (Wildman–Crippen LogP) is 5.62. The van der Waals surface area contributed by atoms with E-state index in [1.807, 2.05) is 31.2 Å². The Kier molecular flexibility index (Phi) is 4.27. The van der Waals surface area contributed by atoms with Crippen molar-refractivity contribution in [1.29, 1.82) is 0 Å². The van der Waals surface area contributed by atoms with Crippen molar-refractivity contribution in [2.24, 2.45) is 0 Å². The average Bonchev–Trinajstić information content (AvgIpc) is 2.74. The van der Waals surface area contributed by atoms with Gasteiger partial charge in [-0.2, -0.15) is 0 Å². The van der Waals surface area contributed by atoms with E-state index >= 15 is 0 Å². The number of phenols is 1. The van der Waals surface area contributed by atoms with E-state index in [0.29, 0.717) is 18.8 Å². The number of benzene rings is 3. The number of anilines is 1. The van der Waals surface area contributed by atoms with Gasteiger partial charge in [0.2, 0.25) is 0 Å². The molecule has 4 nitrogen and oxygen atoms in total. The minimum Gasteiger partial charge on any atom is -0.504 e. The molecule has 1 heterocycles. The van der Waals surface area contributed by atoms with Gasteiger partial charge in [-0.3, -0.25) is 4.79 Å². The average molecular weight is 385 g/mol. The summed E-state index contributed by atoms with van der Waals surface area (Å²) in [5.41, 5.74) is 5.14. The van der Waals surface area contributed by atoms with Gasteiger partial charge < -0.3 is 15.2 Å². The molecule has 0 amide bonds. The lowest BCUT2D eigenvalue weighted by molar-refractivity contribution is -0.116. The first-order valence-electron chi connectivity index (χ1n) is 10.2. The number of aromatic hydroxyl groups is 1. The quantitative estimate of drug-likeness (QED) is 0.615. The largest absolute Gasteiger partial charge is 0.504 e. The van der Waals surface area contributed by atoms with E-state index in [9.17, 15) is 9.90 Å². The van der Waals surface area contributed by atoms with Crippen LogP contribution in [0.2, 0.25) is 0 Å². The zero-order valence-corrected chi connectivity index (χ0v) is 16.4. The van der Waals surface area contributed by atoms with Crippen LogP contribution in [0, 0.1) is 0 Å². The van der Waals surface area contributed by atoms with Crippen LogP contribution >= 0.6 is 0 Å². The molecule has 1 atom stereocenters. The minimum absolute atomic E-state index is 0.113. The summed E-state index contributed by atoms with van der Waals surface area (Å²) in [7, 11) is 0. The summed E-state index contributed by atoms with van der Waals surface area (Å²) in [5.74, 6) is 0.761. The second-order valence-corrected chi connectivity index (χ2v) is 7.62. The fourth-order valence-electron chi connectivity index (χ4n) is 4.63. The Morgan fingerprint density at radius 2 is 1.97 bits per heavy atom. The molecule has 0 saturated heterocycles. The van der Waals surface area contributed by atoms with Gasteiger partial charge >= 0.3 is 0 Å². The molecule has 0 radical (unpaired) electrons. The highest BCUT2D eigenvalue weighted by Gasteiger charge is 2.35. The highest BCUT2D eigenvalue weighted by Crippen LogP contribution is 2.48. The van der Waals surface area contributed by atoms with Gasteiger partial charge in [0.15, 0.2) is 17.3 Å². The van der Waals surface area contributed by atoms with Crippen LogP contribution in [0.1, 0.15) is 43.4 Å². The molecule has 0 aromatic heterocycles. The van der Waals surface area contributed by atoms with Crippen molar-refractivity contribution in [3.63, 3.8) is 0 Å². The Morgan fingerprint density at radius 3 is 2.83 bits per heavy atom. The van der Waals surface area contributed by atoms with Gasteiger partial charge in [0, 0.05) is 23.2 Å². The van der Waals surface area contributed by atoms with E-state index in [2.05, 4.69) is 29.6 Å². The second kappa shape index (κ2) is 6.96. The molecular weight excluding hydrogens is 362 g/mol. The molecule has 0 spiro atoms. The van der Waals surface area contributed by atoms with Gasteiger partial charge in [-0.15, -0.1) is 0 Å². The molecule has 1 aliphatic carbocycles. The maximum atomic E-state index is 13.1. The lowest BCUT2D eigenvalue weighted by Gasteiger charge is -2.35. The summed E-state index contributed by atoms with van der Waals surface area (Å²) in [5, 5.41) is 16.1. The topological polar surface area (TPSA) is 58.6 Å². The highest BCUT2D eigenvalue weighted by atomic mass is 16.5. The van der Waals surface area contributed by atoms with Crippen LogP contribution in [0.4, 0.5) is 5.69 Å². The Labute approximate surface area is 169 Å². The molecule has 2 N–H and O–H groups in total. The minimum atomic E-state index is -0.244. The summed E-state index contributed by atoms with van der Waals surface area (Å²) < 4.78 is 5.58. The third-order valence-corrected chi connectivity index (χ3v) is 5.89. The number of carbonyl (C=O) groups excluding carboxylic acids is 1. The van der Waals surface area contributed by atoms with Gasteiger partial charge in [0.1, 0.15) is 0 Å². The normalized spacial score (nSPS) is 18.2. The number of fused-ring (bicyclic) bond motifs is 4. The van der Waals surface area contributed by atoms with Crippen LogP contribution in [-0.4, -0.2) is 17.5 Å². The van der Waals surface area contributed by atoms with E-state index in [-0.39, 0.29) is 17.6 Å². The van der Waals surface area contributed by atoms with Crippen LogP contribution in [0.3, 0.4) is 0 Å². The summed E-state index contributed by atoms with van der Waals surface area (Å²) in [6.45, 7) is 2.36. The van der Waals surface area contributed by atoms with E-state index in [1.54, 1.807) is 6.07 Å². The number of ketones is 1. The van der Waals surface area contributed by atoms with Gasteiger partial charge in [0.05, 0.1) is 12.6 Å². The lowest BCUT2D eigenvalue weighted by Crippen LogP contribution is -2.27. The Balaban J connectivity index is 1.72. The predicted molar refractivity (Wildman–Crippen MR) is 115 cm³/mol. The third-order valence-electron chi connectivity index (χ3n) is 5.89. The zero-order valence-electron chi connectivity index (χ0n) is 16.4. The fraction of sp³-hybridized carbons (Fsp3) is 0.240. The molecule has 1 aliphatic heterocycles. The van der Waals surface area contributed by atoms with Crippen LogP contribution < -0.4 is 10.1 Å². The van der Waals surface area contributed by atoms with Crippen molar-refractivity contribution in [3.8, 4) is 11.5 Å². The smallest absolute Gasteiger partial charge is 0.161 e. The number of rotatable bonds is 3. The van der Waals surface area contributed by atoms with Crippen molar-refractivity contribution in [3.05, 3.63) is 71.3 Å². The van der Waals surface area contributed by atoms with Gasteiger partial charge in [-0.25, -0.2) is 0 Å². The number of hydrogen-bond donors (Lipinski definition) is 2. The first-order chi connectivity index (χ1) is 14.2. The van der Waals surface area contributed by atoms with Crippen molar-refractivity contribution in [2.45, 2.75) is 32.2 Å². The molecule has 0 saturated carbocycles. The van der Waals surface area contributed by atoms with Gasteiger partial charge in [-0.1, -0.05) is 36.4 Å². The summed E-state index contributed by atoms with van der Waals surface area (Å²) >= 11 is 0. The molecule has 0 fully saturated rings. The molecule has 29 heavy (non-hydrogen) atoms. The zero-order chi connectivity index (χ0) is 20.0. The first kappa shape index (κ1) is 17.8. The Morgan fingerprint density at radius 1 is 1.10 bits per heavy atom. The van der Waals surface area contributed by atoms with Crippen LogP contribution in [-0.2, 0) is 4.79 Å². The SMILES string of the molecule is CCOc1cc([C@H]2Nc3ccc4ccccc4c3C3=C2C(=O)CCC3)ccc1O. The monoisotopic (exact) mass is 385 g/mol. The molecule has 4 heteroatoms. The van der Waals surface area contributed by atoms with Crippen molar-refractivity contribution in [2.75, 3.05) is 11.9 Å². The number of phenolic OH excluding ortho intramolecular Hbond substituents is 1. The number of carbonyl (C=O) groups is 1. The summed E-state index contributed by atoms with van der Waals surface area (Å²) in [6.07, 6.45) is 2.36. The van der Waals surface area contributed by atoms with Crippen molar-refractivity contribution < 1.29 is 14.6 Å². The van der Waals surface area contributed by atoms with Gasteiger partial charge in [0.25, 0.3) is 0 Å². The lowest BCUT2D eigenvalue weighted by atomic mass is 9.77. The molecular formula is C25H23NO3. The highest BCUT2D eigenvalue weighted by molar-refractivity contribution is 6.12. The molecule has 3 aromatic carbocycles. The fourth-order valence-corrected chi connectivity index (χ4v) is 4.63. The molecule has 2 aliphatic rings. The maximum Gasteiger partial charge on any atom is 0.161 e. The van der Waals surface area contributed by atoms with Crippen molar-refractivity contribution >= 4 is 27.8 Å². The van der Waals surface area contributed by atoms with E-state index in [0.717, 1.165) is 40.8 Å². The standard InChI is InChI=1S/C25H23NO3/c1-2-29-22-14-16(11-13-20(22)27)25-24-18(8-5-9-21(24)28)23-17-7-4-3-6-15(17)10-12-19(23)26-25/h3-4,6-7,10-14,25-27H,2,5,8-9H2,1H3/t25-/m1/s1. The number of allylic oxidation sites excluding steroid dienone is 1. The summed E-state index contributed by atoms with van der Waals surface area (Å²) in [4.78, 5) is 13.1. The van der Waals surface area contributed by atoms with Crippen LogP contribution in [0.15, 0.2) is 60.2 Å². The second-order valence-electron chi connectivity index (χ2n) is 7.62. The maximum absolute atomic E-state index is 13.1. The molecule has 146 valence electrons. The Hall–Kier alpha value is -3.27. The van der Waals surface area contributed by atoms with E-state index < -0.39 is 0 Å². The summed E-state index contributed by atoms with van der Waals surface area (Å²) in [6, 6.07) is 17.7. The number of ether oxygens (including phenoxy) is 1. The third kappa shape index (κ3) is 2.87. The molecule has 0 unspecified atom stereocenters. The van der Waals surface area contributed by atoms with Gasteiger partial charge in [-0.05, 0) is 59.9 Å². The first-order valence-corrected chi connectivity index (χ1v) is 10.2. The van der Waals surface area contributed by atoms with Crippen LogP contribution in [0.5, 0.6) is 11.5 Å². The Bertz CT molecular complexity index is 1160. The molecule has 0 bridgehead atoms. The molecule has 5 rings (SSSR count). The number of hydrogen-bond acceptors (Lipinski definition) is 4. The number of nitrogens with one attached hydrogen (secondary N) is 1. The number of Topliss-reactive ketones (excluding diaryl/α,β-unsaturated/α-hetero) is 1.